The second-order valence-corrected chi connectivity index (χ2v) is 7.83. The molecular weight excluding hydrogens is 465 g/mol. The Morgan fingerprint density at radius 3 is 2.14 bits per heavy atom. The third kappa shape index (κ3) is 4.96. The highest BCUT2D eigenvalue weighted by molar-refractivity contribution is 6.03. The smallest absolute Gasteiger partial charge is 0.407 e. The number of ether oxygens (including phenoxy) is 1. The van der Waals surface area contributed by atoms with E-state index in [4.69, 9.17) is 9.84 Å². The molecule has 3 aromatic carbocycles. The first-order valence-corrected chi connectivity index (χ1v) is 10.5. The fraction of sp³-hybridized carbons (Fsp3) is 0.160. The Kier molecular flexibility index (Phi) is 6.46. The van der Waals surface area contributed by atoms with E-state index < -0.39 is 47.5 Å². The molecule has 0 heterocycles. The number of benzene rings is 3. The highest BCUT2D eigenvalue weighted by atomic mass is 19.3. The van der Waals surface area contributed by atoms with Crippen LogP contribution >= 0.6 is 0 Å². The van der Waals surface area contributed by atoms with E-state index in [9.17, 15) is 27.6 Å². The molecule has 0 aromatic heterocycles. The van der Waals surface area contributed by atoms with Gasteiger partial charge in [-0.25, -0.2) is 14.0 Å². The van der Waals surface area contributed by atoms with Gasteiger partial charge in [-0.3, -0.25) is 4.79 Å². The molecule has 0 aliphatic heterocycles. The minimum absolute atomic E-state index is 0.108. The number of nitrogens with one attached hydrogen (secondary N) is 2. The highest BCUT2D eigenvalue weighted by Gasteiger charge is 2.40. The van der Waals surface area contributed by atoms with Crippen LogP contribution in [0.2, 0.25) is 0 Å². The summed E-state index contributed by atoms with van der Waals surface area (Å²) in [6.07, 6.45) is -1.16. The predicted molar refractivity (Wildman–Crippen MR) is 120 cm³/mol. The average molecular weight is 484 g/mol. The zero-order valence-electron chi connectivity index (χ0n) is 18.1. The van der Waals surface area contributed by atoms with E-state index in [1.165, 1.54) is 0 Å². The van der Waals surface area contributed by atoms with Crippen LogP contribution in [0.1, 0.15) is 27.4 Å². The van der Waals surface area contributed by atoms with Crippen molar-refractivity contribution < 1.29 is 37.4 Å². The Hall–Kier alpha value is -4.34. The second kappa shape index (κ2) is 9.49. The molecular formula is C25H19F3N2O5. The van der Waals surface area contributed by atoms with Gasteiger partial charge in [0.15, 0.2) is 0 Å². The van der Waals surface area contributed by atoms with E-state index in [-0.39, 0.29) is 12.5 Å². The summed E-state index contributed by atoms with van der Waals surface area (Å²) in [5, 5.41) is 12.6. The van der Waals surface area contributed by atoms with E-state index in [0.29, 0.717) is 6.07 Å². The van der Waals surface area contributed by atoms with Crippen LogP contribution in [0.25, 0.3) is 11.1 Å². The Bertz CT molecular complexity index is 1270. The summed E-state index contributed by atoms with van der Waals surface area (Å²) < 4.78 is 47.2. The van der Waals surface area contributed by atoms with Crippen molar-refractivity contribution in [3.05, 3.63) is 89.2 Å². The van der Waals surface area contributed by atoms with E-state index in [2.05, 4.69) is 0 Å². The van der Waals surface area contributed by atoms with Crippen molar-refractivity contribution in [1.82, 2.24) is 5.32 Å². The number of fused-ring (bicyclic) bond motifs is 3. The topological polar surface area (TPSA) is 105 Å². The number of aromatic carboxylic acids is 1. The van der Waals surface area contributed by atoms with Gasteiger partial charge in [0.25, 0.3) is 5.91 Å². The van der Waals surface area contributed by atoms with Crippen LogP contribution in [-0.4, -0.2) is 42.2 Å². The fourth-order valence-electron chi connectivity index (χ4n) is 3.93. The Labute approximate surface area is 197 Å². The lowest BCUT2D eigenvalue weighted by Crippen LogP contribution is -2.45. The lowest BCUT2D eigenvalue weighted by molar-refractivity contribution is -0.138. The van der Waals surface area contributed by atoms with Crippen molar-refractivity contribution in [3.63, 3.8) is 0 Å². The van der Waals surface area contributed by atoms with Crippen LogP contribution in [-0.2, 0) is 9.53 Å². The summed E-state index contributed by atoms with van der Waals surface area (Å²) >= 11 is 0. The normalized spacial score (nSPS) is 12.4. The first-order chi connectivity index (χ1) is 16.7. The summed E-state index contributed by atoms with van der Waals surface area (Å²) in [6, 6.07) is 17.4. The Morgan fingerprint density at radius 2 is 1.54 bits per heavy atom. The molecule has 0 saturated heterocycles. The van der Waals surface area contributed by atoms with Crippen molar-refractivity contribution in [3.8, 4) is 11.1 Å². The third-order valence-corrected chi connectivity index (χ3v) is 5.59. The van der Waals surface area contributed by atoms with Gasteiger partial charge in [-0.05, 0) is 40.5 Å². The van der Waals surface area contributed by atoms with Crippen molar-refractivity contribution in [2.24, 2.45) is 0 Å². The molecule has 0 atom stereocenters. The number of hydrogen-bond acceptors (Lipinski definition) is 4. The maximum absolute atomic E-state index is 14.3. The summed E-state index contributed by atoms with van der Waals surface area (Å²) in [7, 11) is 0. The van der Waals surface area contributed by atoms with Gasteiger partial charge >= 0.3 is 18.0 Å². The van der Waals surface area contributed by atoms with Crippen LogP contribution in [0.15, 0.2) is 66.7 Å². The lowest BCUT2D eigenvalue weighted by Gasteiger charge is -2.18. The van der Waals surface area contributed by atoms with Crippen LogP contribution in [0, 0.1) is 5.82 Å². The molecule has 10 heteroatoms. The van der Waals surface area contributed by atoms with Gasteiger partial charge in [-0.1, -0.05) is 48.5 Å². The number of carbonyl (C=O) groups is 3. The number of carboxylic acid groups (broad SMARTS) is 1. The van der Waals surface area contributed by atoms with E-state index in [1.807, 2.05) is 53.8 Å². The van der Waals surface area contributed by atoms with Crippen LogP contribution < -0.4 is 10.6 Å². The van der Waals surface area contributed by atoms with Gasteiger partial charge in [0, 0.05) is 5.92 Å². The molecule has 0 bridgehead atoms. The first kappa shape index (κ1) is 23.8. The number of carboxylic acids is 1. The molecule has 0 fully saturated rings. The highest BCUT2D eigenvalue weighted by Crippen LogP contribution is 2.44. The van der Waals surface area contributed by atoms with E-state index in [1.54, 1.807) is 5.32 Å². The molecule has 1 aliphatic rings. The quantitative estimate of drug-likeness (QED) is 0.453. The van der Waals surface area contributed by atoms with Gasteiger partial charge in [-0.2, -0.15) is 8.78 Å². The summed E-state index contributed by atoms with van der Waals surface area (Å²) in [6.45, 7) is -1.52. The largest absolute Gasteiger partial charge is 0.478 e. The van der Waals surface area contributed by atoms with Gasteiger partial charge in [0.05, 0.1) is 17.8 Å². The molecule has 180 valence electrons. The van der Waals surface area contributed by atoms with E-state index >= 15 is 0 Å². The molecule has 0 radical (unpaired) electrons. The SMILES string of the molecule is O=C(NCC(F)(F)C(=O)Nc1cc(F)ccc1C(=O)O)OCC1c2ccccc2-c2ccccc21. The average Bonchev–Trinajstić information content (AvgIpc) is 3.15. The number of carbonyl (C=O) groups excluding carboxylic acids is 2. The van der Waals surface area contributed by atoms with Crippen molar-refractivity contribution in [2.45, 2.75) is 11.8 Å². The predicted octanol–water partition coefficient (Wildman–Crippen LogP) is 4.64. The number of alkyl carbamates (subject to hydrolysis) is 1. The maximum atomic E-state index is 14.3. The van der Waals surface area contributed by atoms with Crippen molar-refractivity contribution >= 4 is 23.7 Å². The van der Waals surface area contributed by atoms with Gasteiger partial charge in [-0.15, -0.1) is 0 Å². The molecule has 2 amide bonds. The molecule has 0 saturated carbocycles. The molecule has 1 aliphatic carbocycles. The summed E-state index contributed by atoms with van der Waals surface area (Å²) in [5.41, 5.74) is 2.67. The van der Waals surface area contributed by atoms with Crippen LogP contribution in [0.5, 0.6) is 0 Å². The number of anilines is 1. The number of rotatable bonds is 7. The third-order valence-electron chi connectivity index (χ3n) is 5.59. The van der Waals surface area contributed by atoms with Crippen LogP contribution in [0.4, 0.5) is 23.7 Å². The molecule has 3 N–H and O–H groups in total. The standard InChI is InChI=1S/C25H19F3N2O5/c26-14-9-10-19(22(31)32)21(11-14)30-23(33)25(27,28)13-29-24(34)35-12-20-17-7-3-1-5-15(17)16-6-2-4-8-18(16)20/h1-11,20H,12-13H2,(H,29,34)(H,30,33)(H,31,32). The van der Waals surface area contributed by atoms with Crippen molar-refractivity contribution in [2.75, 3.05) is 18.5 Å². The molecule has 3 aromatic rings. The maximum Gasteiger partial charge on any atom is 0.407 e. The molecule has 4 rings (SSSR count). The monoisotopic (exact) mass is 484 g/mol. The Balaban J connectivity index is 1.36. The van der Waals surface area contributed by atoms with Crippen LogP contribution in [0.3, 0.4) is 0 Å². The molecule has 0 unspecified atom stereocenters. The number of amides is 2. The first-order valence-electron chi connectivity index (χ1n) is 10.5. The number of alkyl halides is 2. The second-order valence-electron chi connectivity index (χ2n) is 7.83. The number of hydrogen-bond donors (Lipinski definition) is 3. The molecule has 7 nitrogen and oxygen atoms in total. The lowest BCUT2D eigenvalue weighted by atomic mass is 9.98. The zero-order valence-corrected chi connectivity index (χ0v) is 18.1. The van der Waals surface area contributed by atoms with Gasteiger partial charge in [0.2, 0.25) is 0 Å². The van der Waals surface area contributed by atoms with E-state index in [0.717, 1.165) is 34.4 Å². The Morgan fingerprint density at radius 1 is 0.943 bits per heavy atom. The number of halogens is 3. The fourth-order valence-corrected chi connectivity index (χ4v) is 3.93. The molecule has 0 spiro atoms. The summed E-state index contributed by atoms with van der Waals surface area (Å²) in [4.78, 5) is 35.3. The molecule has 35 heavy (non-hydrogen) atoms. The minimum atomic E-state index is -4.13. The van der Waals surface area contributed by atoms with Crippen molar-refractivity contribution in [1.29, 1.82) is 0 Å². The minimum Gasteiger partial charge on any atom is -0.478 e. The summed E-state index contributed by atoms with van der Waals surface area (Å²) in [5.74, 6) is -8.79. The zero-order chi connectivity index (χ0) is 25.2. The van der Waals surface area contributed by atoms with Gasteiger partial charge < -0.3 is 20.5 Å². The van der Waals surface area contributed by atoms with Gasteiger partial charge in [0.1, 0.15) is 12.4 Å².